The second-order valence-corrected chi connectivity index (χ2v) is 5.08. The normalized spacial score (nSPS) is 15.9. The summed E-state index contributed by atoms with van der Waals surface area (Å²) in [7, 11) is -1.66. The Bertz CT molecular complexity index is 330. The van der Waals surface area contributed by atoms with Crippen LogP contribution in [0.25, 0.3) is 0 Å². The fraction of sp³-hybridized carbons (Fsp3) is 0.625. The van der Waals surface area contributed by atoms with Gasteiger partial charge >= 0.3 is 12.0 Å². The van der Waals surface area contributed by atoms with E-state index in [1.54, 1.807) is 5.32 Å². The van der Waals surface area contributed by atoms with Gasteiger partial charge in [-0.25, -0.2) is 4.79 Å². The summed E-state index contributed by atoms with van der Waals surface area (Å²) in [5.41, 5.74) is 4.72. The highest BCUT2D eigenvalue weighted by molar-refractivity contribution is 7.86. The quantitative estimate of drug-likeness (QED) is 0.579. The number of hydrogen-bond donors (Lipinski definition) is 3. The first kappa shape index (κ1) is 14.6. The minimum Gasteiger partial charge on any atom is -0.481 e. The highest BCUT2D eigenvalue weighted by atomic mass is 32.2. The molecule has 8 heteroatoms. The van der Waals surface area contributed by atoms with Crippen molar-refractivity contribution in [1.29, 1.82) is 0 Å². The van der Waals surface area contributed by atoms with Gasteiger partial charge in [-0.3, -0.25) is 19.1 Å². The number of carboxylic acids is 1. The van der Waals surface area contributed by atoms with Crippen LogP contribution in [0.4, 0.5) is 4.79 Å². The minimum atomic E-state index is -1.66. The van der Waals surface area contributed by atoms with E-state index in [0.717, 1.165) is 0 Å². The number of carbonyl (C=O) groups is 3. The molecule has 92 valence electrons. The van der Waals surface area contributed by atoms with Crippen LogP contribution in [0.15, 0.2) is 0 Å². The second kappa shape index (κ2) is 6.21. The van der Waals surface area contributed by atoms with E-state index in [1.807, 2.05) is 0 Å². The maximum absolute atomic E-state index is 11.5. The van der Waals surface area contributed by atoms with Crippen molar-refractivity contribution in [3.8, 4) is 0 Å². The molecule has 0 aromatic rings. The number of primary amides is 1. The van der Waals surface area contributed by atoms with Gasteiger partial charge in [0.1, 0.15) is 5.25 Å². The number of amides is 3. The van der Waals surface area contributed by atoms with Crippen molar-refractivity contribution >= 4 is 28.7 Å². The Hall–Kier alpha value is -1.44. The first-order valence-corrected chi connectivity index (χ1v) is 5.84. The SMILES string of the molecule is CC(CS(=O)C(C)C(=O)NC(N)=O)C(=O)O. The lowest BCUT2D eigenvalue weighted by atomic mass is 10.2. The lowest BCUT2D eigenvalue weighted by Gasteiger charge is -2.11. The minimum absolute atomic E-state index is 0.150. The smallest absolute Gasteiger partial charge is 0.318 e. The Labute approximate surface area is 94.8 Å². The van der Waals surface area contributed by atoms with Crippen molar-refractivity contribution in [2.75, 3.05) is 5.75 Å². The molecule has 3 atom stereocenters. The van der Waals surface area contributed by atoms with Gasteiger partial charge < -0.3 is 10.8 Å². The molecule has 0 rings (SSSR count). The number of nitrogens with one attached hydrogen (secondary N) is 1. The molecule has 3 amide bonds. The molecule has 4 N–H and O–H groups in total. The largest absolute Gasteiger partial charge is 0.481 e. The third-order valence-electron chi connectivity index (χ3n) is 1.85. The molecule has 0 aliphatic heterocycles. The van der Waals surface area contributed by atoms with Crippen molar-refractivity contribution in [3.63, 3.8) is 0 Å². The molecule has 0 aliphatic carbocycles. The molecule has 0 saturated carbocycles. The number of carbonyl (C=O) groups excluding carboxylic acids is 2. The van der Waals surface area contributed by atoms with Gasteiger partial charge in [-0.2, -0.15) is 0 Å². The van der Waals surface area contributed by atoms with Gasteiger partial charge in [0.05, 0.1) is 5.92 Å². The summed E-state index contributed by atoms with van der Waals surface area (Å²) in [6, 6.07) is -1.03. The van der Waals surface area contributed by atoms with Crippen molar-refractivity contribution < 1.29 is 23.7 Å². The van der Waals surface area contributed by atoms with Crippen LogP contribution in [0.3, 0.4) is 0 Å². The summed E-state index contributed by atoms with van der Waals surface area (Å²) >= 11 is 0. The summed E-state index contributed by atoms with van der Waals surface area (Å²) in [6.45, 7) is 2.72. The van der Waals surface area contributed by atoms with Gasteiger partial charge in [-0.05, 0) is 6.92 Å². The van der Waals surface area contributed by atoms with E-state index in [1.165, 1.54) is 13.8 Å². The number of urea groups is 1. The van der Waals surface area contributed by atoms with Crippen LogP contribution < -0.4 is 11.1 Å². The molecule has 0 bridgehead atoms. The van der Waals surface area contributed by atoms with Crippen molar-refractivity contribution in [1.82, 2.24) is 5.32 Å². The molecule has 16 heavy (non-hydrogen) atoms. The topological polar surface area (TPSA) is 127 Å². The van der Waals surface area contributed by atoms with Crippen LogP contribution in [-0.4, -0.2) is 38.2 Å². The predicted molar refractivity (Wildman–Crippen MR) is 57.0 cm³/mol. The Morgan fingerprint density at radius 1 is 1.38 bits per heavy atom. The van der Waals surface area contributed by atoms with Crippen molar-refractivity contribution in [2.45, 2.75) is 19.1 Å². The Kier molecular flexibility index (Phi) is 5.65. The third-order valence-corrected chi connectivity index (χ3v) is 3.68. The lowest BCUT2D eigenvalue weighted by Crippen LogP contribution is -2.43. The van der Waals surface area contributed by atoms with E-state index < -0.39 is 39.9 Å². The zero-order valence-corrected chi connectivity index (χ0v) is 9.74. The molecule has 0 heterocycles. The van der Waals surface area contributed by atoms with Gasteiger partial charge in [0.2, 0.25) is 5.91 Å². The first-order valence-electron chi connectivity index (χ1n) is 4.46. The standard InChI is InChI=1S/C8H14N2O5S/c1-4(7(12)13)3-16(15)5(2)6(11)10-8(9)14/h4-5H,3H2,1-2H3,(H,12,13)(H3,9,10,11,14). The van der Waals surface area contributed by atoms with Crippen LogP contribution in [0.5, 0.6) is 0 Å². The molecule has 3 unspecified atom stereocenters. The van der Waals surface area contributed by atoms with Gasteiger partial charge in [0, 0.05) is 16.6 Å². The number of aliphatic carboxylic acids is 1. The molecule has 0 aromatic carbocycles. The van der Waals surface area contributed by atoms with Gasteiger partial charge in [-0.1, -0.05) is 6.92 Å². The zero-order chi connectivity index (χ0) is 12.9. The maximum Gasteiger partial charge on any atom is 0.318 e. The molecule has 0 spiro atoms. The summed E-state index contributed by atoms with van der Waals surface area (Å²) in [6.07, 6.45) is 0. The average Bonchev–Trinajstić information content (AvgIpc) is 2.14. The molecular weight excluding hydrogens is 236 g/mol. The van der Waals surface area contributed by atoms with E-state index in [-0.39, 0.29) is 5.75 Å². The number of carboxylic acid groups (broad SMARTS) is 1. The van der Waals surface area contributed by atoms with Gasteiger partial charge in [0.25, 0.3) is 0 Å². The van der Waals surface area contributed by atoms with E-state index in [9.17, 15) is 18.6 Å². The summed E-state index contributed by atoms with van der Waals surface area (Å²) in [5.74, 6) is -2.83. The summed E-state index contributed by atoms with van der Waals surface area (Å²) in [4.78, 5) is 32.1. The molecule has 0 saturated heterocycles. The van der Waals surface area contributed by atoms with Gasteiger partial charge in [0.15, 0.2) is 0 Å². The Balaban J connectivity index is 4.33. The van der Waals surface area contributed by atoms with E-state index in [0.29, 0.717) is 0 Å². The van der Waals surface area contributed by atoms with Crippen molar-refractivity contribution in [3.05, 3.63) is 0 Å². The van der Waals surface area contributed by atoms with Crippen LogP contribution in [-0.2, 0) is 20.4 Å². The van der Waals surface area contributed by atoms with Crippen LogP contribution in [0, 0.1) is 5.92 Å². The monoisotopic (exact) mass is 250 g/mol. The first-order chi connectivity index (χ1) is 7.25. The number of rotatable bonds is 5. The fourth-order valence-corrected chi connectivity index (χ4v) is 2.03. The van der Waals surface area contributed by atoms with Crippen molar-refractivity contribution in [2.24, 2.45) is 11.7 Å². The van der Waals surface area contributed by atoms with Crippen LogP contribution in [0.2, 0.25) is 0 Å². The highest BCUT2D eigenvalue weighted by Crippen LogP contribution is 2.04. The van der Waals surface area contributed by atoms with Crippen LogP contribution in [0.1, 0.15) is 13.8 Å². The number of nitrogens with two attached hydrogens (primary N) is 1. The van der Waals surface area contributed by atoms with E-state index in [2.05, 4.69) is 0 Å². The number of hydrogen-bond acceptors (Lipinski definition) is 4. The Morgan fingerprint density at radius 3 is 2.25 bits per heavy atom. The summed E-state index contributed by atoms with van der Waals surface area (Å²) in [5, 5.41) is 9.40. The van der Waals surface area contributed by atoms with Crippen LogP contribution >= 0.6 is 0 Å². The highest BCUT2D eigenvalue weighted by Gasteiger charge is 2.24. The van der Waals surface area contributed by atoms with E-state index in [4.69, 9.17) is 10.8 Å². The molecule has 0 fully saturated rings. The third kappa shape index (κ3) is 4.87. The zero-order valence-electron chi connectivity index (χ0n) is 8.93. The molecule has 0 radical (unpaired) electrons. The second-order valence-electron chi connectivity index (χ2n) is 3.28. The molecule has 0 aromatic heterocycles. The maximum atomic E-state index is 11.5. The average molecular weight is 250 g/mol. The number of imide groups is 1. The predicted octanol–water partition coefficient (Wildman–Crippen LogP) is -0.961. The van der Waals surface area contributed by atoms with E-state index >= 15 is 0 Å². The molecule has 0 aliphatic rings. The lowest BCUT2D eigenvalue weighted by molar-refractivity contribution is -0.140. The Morgan fingerprint density at radius 2 is 1.88 bits per heavy atom. The molecule has 7 nitrogen and oxygen atoms in total. The molecular formula is C8H14N2O5S. The van der Waals surface area contributed by atoms with Gasteiger partial charge in [-0.15, -0.1) is 0 Å². The summed E-state index contributed by atoms with van der Waals surface area (Å²) < 4.78 is 11.5. The fourth-order valence-electron chi connectivity index (χ4n) is 0.804.